The Bertz CT molecular complexity index is 1220. The summed E-state index contributed by atoms with van der Waals surface area (Å²) in [5, 5.41) is 8.98. The van der Waals surface area contributed by atoms with Gasteiger partial charge in [0.25, 0.3) is 0 Å². The predicted molar refractivity (Wildman–Crippen MR) is 161 cm³/mol. The van der Waals surface area contributed by atoms with Gasteiger partial charge in [-0.15, -0.1) is 10.2 Å². The lowest BCUT2D eigenvalue weighted by Crippen LogP contribution is -2.53. The van der Waals surface area contributed by atoms with E-state index in [2.05, 4.69) is 70.2 Å². The van der Waals surface area contributed by atoms with Gasteiger partial charge in [-0.05, 0) is 36.3 Å². The summed E-state index contributed by atoms with van der Waals surface area (Å²) in [6, 6.07) is 22.7. The number of hydrogen-bond acceptors (Lipinski definition) is 6. The molecule has 2 amide bonds. The predicted octanol–water partition coefficient (Wildman–Crippen LogP) is 4.29. The fourth-order valence-electron chi connectivity index (χ4n) is 4.99. The van der Waals surface area contributed by atoms with Crippen molar-refractivity contribution in [1.29, 1.82) is 0 Å². The standard InChI is InChI=1S/C32H42N6O2/c1-5-35(6-2)18-19-38(32(40)25(3)4)24-31(39)37-22-20-36(21-23-37)30-17-16-29(33-34-30)28-14-12-27(13-15-28)26-10-8-7-9-11-26/h7-17,25H,5-6,18-24H2,1-4H3. The minimum Gasteiger partial charge on any atom is -0.352 e. The Kier molecular flexibility index (Phi) is 10.2. The van der Waals surface area contributed by atoms with Crippen LogP contribution in [0.1, 0.15) is 27.7 Å². The van der Waals surface area contributed by atoms with Crippen molar-refractivity contribution in [2.24, 2.45) is 5.92 Å². The number of carbonyl (C=O) groups is 2. The number of piperazine rings is 1. The minimum absolute atomic E-state index is 0.00794. The zero-order chi connectivity index (χ0) is 28.5. The number of carbonyl (C=O) groups excluding carboxylic acids is 2. The van der Waals surface area contributed by atoms with Crippen molar-refractivity contribution in [3.63, 3.8) is 0 Å². The summed E-state index contributed by atoms with van der Waals surface area (Å²) >= 11 is 0. The van der Waals surface area contributed by atoms with Crippen LogP contribution in [0.15, 0.2) is 66.7 Å². The maximum Gasteiger partial charge on any atom is 0.242 e. The molecule has 8 nitrogen and oxygen atoms in total. The van der Waals surface area contributed by atoms with Gasteiger partial charge >= 0.3 is 0 Å². The maximum absolute atomic E-state index is 13.2. The van der Waals surface area contributed by atoms with Crippen LogP contribution in [-0.2, 0) is 9.59 Å². The smallest absolute Gasteiger partial charge is 0.242 e. The van der Waals surface area contributed by atoms with Gasteiger partial charge in [0.15, 0.2) is 5.82 Å². The quantitative estimate of drug-likeness (QED) is 0.360. The number of benzene rings is 2. The van der Waals surface area contributed by atoms with Gasteiger partial charge in [-0.2, -0.15) is 0 Å². The SMILES string of the molecule is CCN(CC)CCN(CC(=O)N1CCN(c2ccc(-c3ccc(-c4ccccc4)cc3)nn2)CC1)C(=O)C(C)C. The molecule has 1 fully saturated rings. The van der Waals surface area contributed by atoms with Crippen molar-refractivity contribution in [3.8, 4) is 22.4 Å². The lowest BCUT2D eigenvalue weighted by atomic mass is 10.0. The van der Waals surface area contributed by atoms with E-state index >= 15 is 0 Å². The number of hydrogen-bond donors (Lipinski definition) is 0. The largest absolute Gasteiger partial charge is 0.352 e. The van der Waals surface area contributed by atoms with Crippen LogP contribution >= 0.6 is 0 Å². The van der Waals surface area contributed by atoms with Crippen LogP contribution in [0.2, 0.25) is 0 Å². The minimum atomic E-state index is -0.135. The summed E-state index contributed by atoms with van der Waals surface area (Å²) < 4.78 is 0. The lowest BCUT2D eigenvalue weighted by molar-refractivity contribution is -0.142. The summed E-state index contributed by atoms with van der Waals surface area (Å²) in [4.78, 5) is 34.0. The molecule has 0 bridgehead atoms. The summed E-state index contributed by atoms with van der Waals surface area (Å²) in [6.07, 6.45) is 0. The van der Waals surface area contributed by atoms with Gasteiger partial charge in [0.2, 0.25) is 11.8 Å². The van der Waals surface area contributed by atoms with E-state index in [0.29, 0.717) is 32.7 Å². The molecule has 0 spiro atoms. The molecule has 40 heavy (non-hydrogen) atoms. The maximum atomic E-state index is 13.2. The molecule has 0 radical (unpaired) electrons. The van der Waals surface area contributed by atoms with E-state index in [4.69, 9.17) is 0 Å². The fourth-order valence-corrected chi connectivity index (χ4v) is 4.99. The van der Waals surface area contributed by atoms with Crippen LogP contribution < -0.4 is 4.90 Å². The molecule has 0 saturated carbocycles. The second-order valence-corrected chi connectivity index (χ2v) is 10.5. The Morgan fingerprint density at radius 2 is 1.40 bits per heavy atom. The van der Waals surface area contributed by atoms with Gasteiger partial charge in [0.1, 0.15) is 0 Å². The Balaban J connectivity index is 1.31. The number of rotatable bonds is 11. The van der Waals surface area contributed by atoms with Gasteiger partial charge in [-0.25, -0.2) is 0 Å². The molecule has 1 saturated heterocycles. The van der Waals surface area contributed by atoms with Crippen LogP contribution in [0.5, 0.6) is 0 Å². The van der Waals surface area contributed by atoms with Gasteiger partial charge in [-0.3, -0.25) is 9.59 Å². The molecule has 212 valence electrons. The van der Waals surface area contributed by atoms with Crippen molar-refractivity contribution in [3.05, 3.63) is 66.7 Å². The van der Waals surface area contributed by atoms with Gasteiger partial charge in [0, 0.05) is 50.7 Å². The highest BCUT2D eigenvalue weighted by Gasteiger charge is 2.26. The first-order chi connectivity index (χ1) is 19.4. The molecular formula is C32H42N6O2. The van der Waals surface area contributed by atoms with Crippen LogP contribution in [0, 0.1) is 5.92 Å². The van der Waals surface area contributed by atoms with E-state index in [9.17, 15) is 9.59 Å². The number of anilines is 1. The van der Waals surface area contributed by atoms with Gasteiger partial charge in [0.05, 0.1) is 12.2 Å². The van der Waals surface area contributed by atoms with E-state index in [-0.39, 0.29) is 24.3 Å². The number of likely N-dealkylation sites (N-methyl/N-ethyl adjacent to an activating group) is 1. The van der Waals surface area contributed by atoms with Crippen molar-refractivity contribution < 1.29 is 9.59 Å². The van der Waals surface area contributed by atoms with E-state index in [1.807, 2.05) is 49.1 Å². The van der Waals surface area contributed by atoms with Gasteiger partial charge < -0.3 is 19.6 Å². The Hall–Kier alpha value is -3.78. The molecule has 0 atom stereocenters. The van der Waals surface area contributed by atoms with E-state index in [1.165, 1.54) is 11.1 Å². The van der Waals surface area contributed by atoms with Crippen molar-refractivity contribution in [2.75, 3.05) is 63.8 Å². The highest BCUT2D eigenvalue weighted by Crippen LogP contribution is 2.24. The molecule has 1 aliphatic heterocycles. The first-order valence-corrected chi connectivity index (χ1v) is 14.4. The second kappa shape index (κ2) is 14.0. The molecule has 4 rings (SSSR count). The van der Waals surface area contributed by atoms with Crippen LogP contribution in [0.25, 0.3) is 22.4 Å². The monoisotopic (exact) mass is 542 g/mol. The van der Waals surface area contributed by atoms with Crippen molar-refractivity contribution in [1.82, 2.24) is 24.9 Å². The molecule has 3 aromatic rings. The van der Waals surface area contributed by atoms with Crippen LogP contribution in [0.4, 0.5) is 5.82 Å². The number of aromatic nitrogens is 2. The summed E-state index contributed by atoms with van der Waals surface area (Å²) in [6.45, 7) is 13.9. The fraction of sp³-hybridized carbons (Fsp3) is 0.438. The van der Waals surface area contributed by atoms with Crippen molar-refractivity contribution >= 4 is 17.6 Å². The number of amides is 2. The third kappa shape index (κ3) is 7.45. The first-order valence-electron chi connectivity index (χ1n) is 14.4. The molecule has 0 aliphatic carbocycles. The average molecular weight is 543 g/mol. The second-order valence-electron chi connectivity index (χ2n) is 10.5. The summed E-state index contributed by atoms with van der Waals surface area (Å²) in [7, 11) is 0. The zero-order valence-electron chi connectivity index (χ0n) is 24.3. The molecule has 1 aromatic heterocycles. The topological polar surface area (TPSA) is 72.9 Å². The highest BCUT2D eigenvalue weighted by molar-refractivity contribution is 5.85. The van der Waals surface area contributed by atoms with E-state index < -0.39 is 0 Å². The molecule has 8 heteroatoms. The molecule has 1 aliphatic rings. The first kappa shape index (κ1) is 29.2. The van der Waals surface area contributed by atoms with E-state index in [0.717, 1.165) is 36.7 Å². The molecule has 2 heterocycles. The normalized spacial score (nSPS) is 13.7. The zero-order valence-corrected chi connectivity index (χ0v) is 24.3. The Labute approximate surface area is 238 Å². The molecule has 0 unspecified atom stereocenters. The van der Waals surface area contributed by atoms with Crippen LogP contribution in [0.3, 0.4) is 0 Å². The lowest BCUT2D eigenvalue weighted by Gasteiger charge is -2.36. The van der Waals surface area contributed by atoms with E-state index in [1.54, 1.807) is 4.90 Å². The third-order valence-corrected chi connectivity index (χ3v) is 7.61. The van der Waals surface area contributed by atoms with Gasteiger partial charge in [-0.1, -0.05) is 82.3 Å². The average Bonchev–Trinajstić information content (AvgIpc) is 3.01. The summed E-state index contributed by atoms with van der Waals surface area (Å²) in [5.41, 5.74) is 4.21. The molecular weight excluding hydrogens is 500 g/mol. The Morgan fingerprint density at radius 1 is 0.775 bits per heavy atom. The highest BCUT2D eigenvalue weighted by atomic mass is 16.2. The summed E-state index contributed by atoms with van der Waals surface area (Å²) in [5.74, 6) is 0.718. The third-order valence-electron chi connectivity index (χ3n) is 7.61. The Morgan fingerprint density at radius 3 is 1.98 bits per heavy atom. The van der Waals surface area contributed by atoms with Crippen molar-refractivity contribution in [2.45, 2.75) is 27.7 Å². The number of nitrogens with zero attached hydrogens (tertiary/aromatic N) is 6. The van der Waals surface area contributed by atoms with Crippen LogP contribution in [-0.4, -0.2) is 95.6 Å². The molecule has 0 N–H and O–H groups in total. The molecule has 2 aromatic carbocycles.